The molecule has 6 heteroatoms. The maximum Gasteiger partial charge on any atom is 0.294 e. The molecule has 0 aliphatic heterocycles. The summed E-state index contributed by atoms with van der Waals surface area (Å²) in [5.74, 6) is 0.769. The van der Waals surface area contributed by atoms with Gasteiger partial charge in [0.2, 0.25) is 0 Å². The Hall–Kier alpha value is -2.50. The molecule has 1 amide bonds. The molecule has 0 aliphatic rings. The van der Waals surface area contributed by atoms with E-state index in [1.807, 2.05) is 0 Å². The molecular weight excluding hydrogens is 234 g/mol. The summed E-state index contributed by atoms with van der Waals surface area (Å²) < 4.78 is 10.4. The number of benzene rings is 1. The Morgan fingerprint density at radius 3 is 2.56 bits per heavy atom. The van der Waals surface area contributed by atoms with Crippen molar-refractivity contribution < 1.29 is 14.3 Å². The SMILES string of the molecule is COc1cc2cc(C(=O)N=CN)[nH]c2cc1OC. The lowest BCUT2D eigenvalue weighted by molar-refractivity contribution is 0.0999. The van der Waals surface area contributed by atoms with Crippen LogP contribution in [0.2, 0.25) is 0 Å². The number of aromatic nitrogens is 1. The number of nitrogens with two attached hydrogens (primary N) is 1. The molecule has 0 radical (unpaired) electrons. The highest BCUT2D eigenvalue weighted by Gasteiger charge is 2.11. The van der Waals surface area contributed by atoms with Crippen molar-refractivity contribution in [3.8, 4) is 11.5 Å². The number of hydrogen-bond donors (Lipinski definition) is 2. The molecule has 2 rings (SSSR count). The van der Waals surface area contributed by atoms with Crippen molar-refractivity contribution in [1.82, 2.24) is 4.98 Å². The van der Waals surface area contributed by atoms with Crippen LogP contribution in [0.4, 0.5) is 0 Å². The second-order valence-electron chi connectivity index (χ2n) is 3.56. The number of methoxy groups -OCH3 is 2. The topological polar surface area (TPSA) is 89.7 Å². The lowest BCUT2D eigenvalue weighted by atomic mass is 10.2. The van der Waals surface area contributed by atoms with Gasteiger partial charge in [-0.2, -0.15) is 4.99 Å². The first kappa shape index (κ1) is 12.0. The molecule has 6 nitrogen and oxygen atoms in total. The van der Waals surface area contributed by atoms with E-state index in [1.165, 1.54) is 0 Å². The number of H-pyrrole nitrogens is 1. The summed E-state index contributed by atoms with van der Waals surface area (Å²) in [4.78, 5) is 18.0. The first-order valence-electron chi connectivity index (χ1n) is 5.23. The van der Waals surface area contributed by atoms with Gasteiger partial charge < -0.3 is 20.2 Å². The van der Waals surface area contributed by atoms with Gasteiger partial charge in [-0.05, 0) is 12.1 Å². The molecule has 2 aromatic rings. The number of aromatic amines is 1. The van der Waals surface area contributed by atoms with E-state index in [9.17, 15) is 4.79 Å². The zero-order valence-electron chi connectivity index (χ0n) is 10.1. The van der Waals surface area contributed by atoms with Crippen molar-refractivity contribution in [1.29, 1.82) is 0 Å². The van der Waals surface area contributed by atoms with Crippen LogP contribution in [0.15, 0.2) is 23.2 Å². The third-order valence-electron chi connectivity index (χ3n) is 2.55. The molecule has 0 atom stereocenters. The normalized spacial score (nSPS) is 11.0. The summed E-state index contributed by atoms with van der Waals surface area (Å²) in [5.41, 5.74) is 6.22. The van der Waals surface area contributed by atoms with Crippen LogP contribution in [0.5, 0.6) is 11.5 Å². The summed E-state index contributed by atoms with van der Waals surface area (Å²) in [6.07, 6.45) is 0.967. The maximum atomic E-state index is 11.6. The number of carbonyl (C=O) groups excluding carboxylic acids is 1. The quantitative estimate of drug-likeness (QED) is 0.632. The smallest absolute Gasteiger partial charge is 0.294 e. The Morgan fingerprint density at radius 2 is 1.94 bits per heavy atom. The van der Waals surface area contributed by atoms with Crippen LogP contribution in [-0.2, 0) is 0 Å². The number of nitrogens with zero attached hydrogens (tertiary/aromatic N) is 1. The van der Waals surface area contributed by atoms with Crippen molar-refractivity contribution in [2.45, 2.75) is 0 Å². The minimum Gasteiger partial charge on any atom is -0.493 e. The fourth-order valence-corrected chi connectivity index (χ4v) is 1.71. The molecule has 0 saturated carbocycles. The van der Waals surface area contributed by atoms with Crippen LogP contribution in [0.25, 0.3) is 10.9 Å². The van der Waals surface area contributed by atoms with Gasteiger partial charge in [0.25, 0.3) is 5.91 Å². The number of carbonyl (C=O) groups is 1. The standard InChI is InChI=1S/C12H13N3O3/c1-17-10-4-7-3-9(12(16)14-6-13)15-8(7)5-11(10)18-2/h3-6,15H,1-2H3,(H2,13,14,16). The Kier molecular flexibility index (Phi) is 3.18. The molecule has 1 heterocycles. The van der Waals surface area contributed by atoms with Gasteiger partial charge in [-0.25, -0.2) is 0 Å². The van der Waals surface area contributed by atoms with Gasteiger partial charge in [0.1, 0.15) is 5.69 Å². The van der Waals surface area contributed by atoms with Gasteiger partial charge in [0.15, 0.2) is 11.5 Å². The summed E-state index contributed by atoms with van der Waals surface area (Å²) in [5, 5.41) is 0.836. The second kappa shape index (κ2) is 4.79. The minimum absolute atomic E-state index is 0.363. The Balaban J connectivity index is 2.54. The summed E-state index contributed by atoms with van der Waals surface area (Å²) >= 11 is 0. The fourth-order valence-electron chi connectivity index (χ4n) is 1.71. The third kappa shape index (κ3) is 2.00. The average Bonchev–Trinajstić information content (AvgIpc) is 2.80. The van der Waals surface area contributed by atoms with E-state index in [1.54, 1.807) is 32.4 Å². The molecule has 3 N–H and O–H groups in total. The Morgan fingerprint density at radius 1 is 1.28 bits per heavy atom. The zero-order valence-corrected chi connectivity index (χ0v) is 10.1. The summed E-state index contributed by atoms with van der Waals surface area (Å²) in [6, 6.07) is 5.23. The highest BCUT2D eigenvalue weighted by Crippen LogP contribution is 2.32. The molecule has 18 heavy (non-hydrogen) atoms. The molecule has 0 fully saturated rings. The van der Waals surface area contributed by atoms with Gasteiger partial charge in [-0.1, -0.05) is 0 Å². The number of fused-ring (bicyclic) bond motifs is 1. The van der Waals surface area contributed by atoms with E-state index >= 15 is 0 Å². The number of hydrogen-bond acceptors (Lipinski definition) is 3. The predicted molar refractivity (Wildman–Crippen MR) is 68.4 cm³/mol. The molecule has 0 saturated heterocycles. The summed E-state index contributed by atoms with van der Waals surface area (Å²) in [6.45, 7) is 0. The van der Waals surface area contributed by atoms with Crippen molar-refractivity contribution in [3.63, 3.8) is 0 Å². The lowest BCUT2D eigenvalue weighted by Crippen LogP contribution is -1.99. The van der Waals surface area contributed by atoms with Gasteiger partial charge in [-0.3, -0.25) is 4.79 Å². The molecule has 0 spiro atoms. The number of rotatable bonds is 3. The lowest BCUT2D eigenvalue weighted by Gasteiger charge is -2.06. The van der Waals surface area contributed by atoms with Crippen LogP contribution in [0.3, 0.4) is 0 Å². The van der Waals surface area contributed by atoms with E-state index < -0.39 is 5.91 Å². The first-order chi connectivity index (χ1) is 8.69. The number of nitrogens with one attached hydrogen (secondary N) is 1. The van der Waals surface area contributed by atoms with Crippen molar-refractivity contribution in [2.24, 2.45) is 10.7 Å². The monoisotopic (exact) mass is 247 g/mol. The van der Waals surface area contributed by atoms with Gasteiger partial charge in [-0.15, -0.1) is 0 Å². The van der Waals surface area contributed by atoms with Crippen LogP contribution in [-0.4, -0.2) is 31.4 Å². The predicted octanol–water partition coefficient (Wildman–Crippen LogP) is 1.31. The van der Waals surface area contributed by atoms with E-state index in [0.29, 0.717) is 17.2 Å². The summed E-state index contributed by atoms with van der Waals surface area (Å²) in [7, 11) is 3.11. The average molecular weight is 247 g/mol. The van der Waals surface area contributed by atoms with E-state index in [2.05, 4.69) is 9.98 Å². The fraction of sp³-hybridized carbons (Fsp3) is 0.167. The van der Waals surface area contributed by atoms with Gasteiger partial charge >= 0.3 is 0 Å². The van der Waals surface area contributed by atoms with Crippen LogP contribution in [0.1, 0.15) is 10.5 Å². The molecule has 94 valence electrons. The number of amides is 1. The molecule has 0 unspecified atom stereocenters. The molecule has 0 bridgehead atoms. The number of ether oxygens (including phenoxy) is 2. The molecule has 1 aromatic carbocycles. The van der Waals surface area contributed by atoms with Crippen LogP contribution >= 0.6 is 0 Å². The van der Waals surface area contributed by atoms with Crippen LogP contribution < -0.4 is 15.2 Å². The minimum atomic E-state index is -0.424. The van der Waals surface area contributed by atoms with Gasteiger partial charge in [0, 0.05) is 17.0 Å². The van der Waals surface area contributed by atoms with E-state index in [4.69, 9.17) is 15.2 Å². The second-order valence-corrected chi connectivity index (χ2v) is 3.56. The largest absolute Gasteiger partial charge is 0.493 e. The highest BCUT2D eigenvalue weighted by molar-refractivity contribution is 6.01. The zero-order chi connectivity index (χ0) is 13.1. The van der Waals surface area contributed by atoms with Crippen molar-refractivity contribution in [2.75, 3.05) is 14.2 Å². The third-order valence-corrected chi connectivity index (χ3v) is 2.55. The Bertz CT molecular complexity index is 575. The Labute approximate surface area is 103 Å². The van der Waals surface area contributed by atoms with Crippen molar-refractivity contribution in [3.05, 3.63) is 23.9 Å². The molecule has 1 aromatic heterocycles. The van der Waals surface area contributed by atoms with E-state index in [0.717, 1.165) is 17.2 Å². The maximum absolute atomic E-state index is 11.6. The highest BCUT2D eigenvalue weighted by atomic mass is 16.5. The molecule has 0 aliphatic carbocycles. The van der Waals surface area contributed by atoms with E-state index in [-0.39, 0.29) is 0 Å². The van der Waals surface area contributed by atoms with Crippen LogP contribution in [0, 0.1) is 0 Å². The first-order valence-corrected chi connectivity index (χ1v) is 5.23. The van der Waals surface area contributed by atoms with Gasteiger partial charge in [0.05, 0.1) is 20.6 Å². The van der Waals surface area contributed by atoms with Crippen molar-refractivity contribution >= 4 is 23.1 Å². The number of aliphatic imine (C=N–C) groups is 1. The molecular formula is C12H13N3O3.